The summed E-state index contributed by atoms with van der Waals surface area (Å²) in [6.45, 7) is 0. The van der Waals surface area contributed by atoms with Gasteiger partial charge in [-0.15, -0.1) is 10.2 Å². The number of aromatic nitrogens is 3. The van der Waals surface area contributed by atoms with Crippen molar-refractivity contribution in [1.82, 2.24) is 14.8 Å². The van der Waals surface area contributed by atoms with E-state index in [1.807, 2.05) is 30.3 Å². The SMILES string of the molecule is NC(=O)c1ccccc1NC(=O)CSc1nncn1-c1ccccc1. The van der Waals surface area contributed by atoms with Gasteiger partial charge in [-0.25, -0.2) is 0 Å². The third-order valence-electron chi connectivity index (χ3n) is 3.35. The molecule has 126 valence electrons. The number of nitrogens with one attached hydrogen (secondary N) is 1. The Balaban J connectivity index is 1.67. The van der Waals surface area contributed by atoms with E-state index in [2.05, 4.69) is 15.5 Å². The zero-order valence-corrected chi connectivity index (χ0v) is 13.9. The highest BCUT2D eigenvalue weighted by atomic mass is 32.2. The first-order valence-electron chi connectivity index (χ1n) is 7.42. The lowest BCUT2D eigenvalue weighted by Gasteiger charge is -2.09. The van der Waals surface area contributed by atoms with Gasteiger partial charge in [-0.1, -0.05) is 42.1 Å². The third kappa shape index (κ3) is 4.04. The standard InChI is InChI=1S/C17H15N5O2S/c18-16(24)13-8-4-5-9-14(13)20-15(23)10-25-17-21-19-11-22(17)12-6-2-1-3-7-12/h1-9,11H,10H2,(H2,18,24)(H,20,23). The van der Waals surface area contributed by atoms with Gasteiger partial charge in [-0.05, 0) is 24.3 Å². The van der Waals surface area contributed by atoms with Crippen molar-refractivity contribution in [2.75, 3.05) is 11.1 Å². The van der Waals surface area contributed by atoms with Crippen LogP contribution in [-0.2, 0) is 4.79 Å². The number of hydrogen-bond acceptors (Lipinski definition) is 5. The second kappa shape index (κ2) is 7.63. The predicted molar refractivity (Wildman–Crippen MR) is 95.7 cm³/mol. The number of carbonyl (C=O) groups excluding carboxylic acids is 2. The molecule has 0 aliphatic rings. The number of thioether (sulfide) groups is 1. The van der Waals surface area contributed by atoms with Crippen molar-refractivity contribution < 1.29 is 9.59 Å². The summed E-state index contributed by atoms with van der Waals surface area (Å²) in [4.78, 5) is 23.6. The molecule has 8 heteroatoms. The van der Waals surface area contributed by atoms with Gasteiger partial charge >= 0.3 is 0 Å². The number of amides is 2. The fourth-order valence-corrected chi connectivity index (χ4v) is 2.94. The van der Waals surface area contributed by atoms with Crippen molar-refractivity contribution in [2.45, 2.75) is 5.16 Å². The van der Waals surface area contributed by atoms with E-state index in [1.54, 1.807) is 35.2 Å². The van der Waals surface area contributed by atoms with E-state index in [0.717, 1.165) is 5.69 Å². The fraction of sp³-hybridized carbons (Fsp3) is 0.0588. The largest absolute Gasteiger partial charge is 0.366 e. The molecule has 1 aromatic heterocycles. The Morgan fingerprint density at radius 1 is 1.08 bits per heavy atom. The quantitative estimate of drug-likeness (QED) is 0.661. The van der Waals surface area contributed by atoms with Gasteiger partial charge in [0.1, 0.15) is 6.33 Å². The van der Waals surface area contributed by atoms with Crippen LogP contribution in [0.1, 0.15) is 10.4 Å². The fourth-order valence-electron chi connectivity index (χ4n) is 2.21. The Kier molecular flexibility index (Phi) is 5.10. The number of benzene rings is 2. The van der Waals surface area contributed by atoms with Gasteiger partial charge < -0.3 is 11.1 Å². The second-order valence-electron chi connectivity index (χ2n) is 5.07. The molecule has 0 spiro atoms. The maximum absolute atomic E-state index is 12.2. The first-order chi connectivity index (χ1) is 12.1. The van der Waals surface area contributed by atoms with Crippen LogP contribution in [0.5, 0.6) is 0 Å². The Morgan fingerprint density at radius 2 is 1.80 bits per heavy atom. The van der Waals surface area contributed by atoms with Gasteiger partial charge in [-0.2, -0.15) is 0 Å². The molecule has 3 aromatic rings. The zero-order valence-electron chi connectivity index (χ0n) is 13.1. The molecular formula is C17H15N5O2S. The normalized spacial score (nSPS) is 10.4. The van der Waals surface area contributed by atoms with Crippen LogP contribution in [0.2, 0.25) is 0 Å². The van der Waals surface area contributed by atoms with Crippen molar-refractivity contribution in [1.29, 1.82) is 0 Å². The Bertz CT molecular complexity index is 895. The van der Waals surface area contributed by atoms with Crippen molar-refractivity contribution in [3.05, 3.63) is 66.5 Å². The zero-order chi connectivity index (χ0) is 17.6. The van der Waals surface area contributed by atoms with Crippen LogP contribution < -0.4 is 11.1 Å². The molecule has 0 fully saturated rings. The first-order valence-corrected chi connectivity index (χ1v) is 8.40. The van der Waals surface area contributed by atoms with Crippen molar-refractivity contribution in [3.8, 4) is 5.69 Å². The molecule has 3 rings (SSSR count). The summed E-state index contributed by atoms with van der Waals surface area (Å²) >= 11 is 1.25. The summed E-state index contributed by atoms with van der Waals surface area (Å²) in [5.41, 5.74) is 6.89. The number of carbonyl (C=O) groups is 2. The van der Waals surface area contributed by atoms with E-state index < -0.39 is 5.91 Å². The minimum absolute atomic E-state index is 0.124. The van der Waals surface area contributed by atoms with Crippen LogP contribution >= 0.6 is 11.8 Å². The van der Waals surface area contributed by atoms with E-state index in [-0.39, 0.29) is 17.2 Å². The molecule has 0 saturated heterocycles. The average molecular weight is 353 g/mol. The Labute approximate surface area is 148 Å². The number of hydrogen-bond donors (Lipinski definition) is 2. The lowest BCUT2D eigenvalue weighted by atomic mass is 10.1. The van der Waals surface area contributed by atoms with Crippen molar-refractivity contribution in [3.63, 3.8) is 0 Å². The van der Waals surface area contributed by atoms with E-state index in [9.17, 15) is 9.59 Å². The monoisotopic (exact) mass is 353 g/mol. The number of nitrogens with two attached hydrogens (primary N) is 1. The van der Waals surface area contributed by atoms with Crippen molar-refractivity contribution in [2.24, 2.45) is 5.73 Å². The molecule has 0 bridgehead atoms. The number of anilines is 1. The molecule has 7 nitrogen and oxygen atoms in total. The Morgan fingerprint density at radius 3 is 2.56 bits per heavy atom. The van der Waals surface area contributed by atoms with Crippen LogP contribution in [0, 0.1) is 0 Å². The van der Waals surface area contributed by atoms with Crippen LogP contribution in [0.4, 0.5) is 5.69 Å². The molecular weight excluding hydrogens is 338 g/mol. The van der Waals surface area contributed by atoms with Gasteiger partial charge in [-0.3, -0.25) is 14.2 Å². The molecule has 0 saturated carbocycles. The maximum atomic E-state index is 12.2. The number of rotatable bonds is 6. The smallest absolute Gasteiger partial charge is 0.250 e. The van der Waals surface area contributed by atoms with E-state index >= 15 is 0 Å². The molecule has 0 atom stereocenters. The van der Waals surface area contributed by atoms with Crippen molar-refractivity contribution >= 4 is 29.3 Å². The maximum Gasteiger partial charge on any atom is 0.250 e. The number of para-hydroxylation sites is 2. The molecule has 0 aliphatic carbocycles. The number of primary amides is 1. The summed E-state index contributed by atoms with van der Waals surface area (Å²) in [6, 6.07) is 16.2. The average Bonchev–Trinajstić information content (AvgIpc) is 3.09. The second-order valence-corrected chi connectivity index (χ2v) is 6.01. The van der Waals surface area contributed by atoms with E-state index in [0.29, 0.717) is 10.8 Å². The molecule has 2 amide bonds. The van der Waals surface area contributed by atoms with Gasteiger partial charge in [0.2, 0.25) is 5.91 Å². The topological polar surface area (TPSA) is 103 Å². The van der Waals surface area contributed by atoms with Gasteiger partial charge in [0.05, 0.1) is 17.0 Å². The summed E-state index contributed by atoms with van der Waals surface area (Å²) in [5.74, 6) is -0.729. The van der Waals surface area contributed by atoms with Crippen LogP contribution in [0.25, 0.3) is 5.69 Å². The summed E-state index contributed by atoms with van der Waals surface area (Å²) in [7, 11) is 0. The highest BCUT2D eigenvalue weighted by Gasteiger charge is 2.13. The highest BCUT2D eigenvalue weighted by Crippen LogP contribution is 2.20. The summed E-state index contributed by atoms with van der Waals surface area (Å²) in [6.07, 6.45) is 1.60. The lowest BCUT2D eigenvalue weighted by molar-refractivity contribution is -0.113. The van der Waals surface area contributed by atoms with Gasteiger partial charge in [0, 0.05) is 5.69 Å². The minimum atomic E-state index is -0.590. The van der Waals surface area contributed by atoms with Gasteiger partial charge in [0.25, 0.3) is 5.91 Å². The number of nitrogens with zero attached hydrogens (tertiary/aromatic N) is 3. The van der Waals surface area contributed by atoms with Gasteiger partial charge in [0.15, 0.2) is 5.16 Å². The molecule has 25 heavy (non-hydrogen) atoms. The summed E-state index contributed by atoms with van der Waals surface area (Å²) < 4.78 is 1.80. The first kappa shape index (κ1) is 16.7. The molecule has 0 aliphatic heterocycles. The lowest BCUT2D eigenvalue weighted by Crippen LogP contribution is -2.19. The molecule has 2 aromatic carbocycles. The molecule has 0 radical (unpaired) electrons. The molecule has 3 N–H and O–H groups in total. The predicted octanol–water partition coefficient (Wildman–Crippen LogP) is 2.10. The van der Waals surface area contributed by atoms with E-state index in [1.165, 1.54) is 11.8 Å². The van der Waals surface area contributed by atoms with E-state index in [4.69, 9.17) is 5.73 Å². The molecule has 1 heterocycles. The summed E-state index contributed by atoms with van der Waals surface area (Å²) in [5, 5.41) is 11.2. The highest BCUT2D eigenvalue weighted by molar-refractivity contribution is 7.99. The van der Waals surface area contributed by atoms with Crippen LogP contribution in [0.15, 0.2) is 66.1 Å². The third-order valence-corrected chi connectivity index (χ3v) is 4.29. The Hall–Kier alpha value is -3.13. The minimum Gasteiger partial charge on any atom is -0.366 e. The van der Waals surface area contributed by atoms with Crippen LogP contribution in [0.3, 0.4) is 0 Å². The van der Waals surface area contributed by atoms with Crippen LogP contribution in [-0.4, -0.2) is 32.3 Å². The molecule has 0 unspecified atom stereocenters.